The van der Waals surface area contributed by atoms with Crippen molar-refractivity contribution < 1.29 is 9.32 Å². The Kier molecular flexibility index (Phi) is 3.45. The zero-order valence-electron chi connectivity index (χ0n) is 10.5. The quantitative estimate of drug-likeness (QED) is 0.818. The highest BCUT2D eigenvalue weighted by Gasteiger charge is 2.27. The van der Waals surface area contributed by atoms with E-state index >= 15 is 0 Å². The van der Waals surface area contributed by atoms with E-state index in [0.29, 0.717) is 17.5 Å². The molecule has 0 aliphatic rings. The molecule has 0 saturated heterocycles. The van der Waals surface area contributed by atoms with Crippen molar-refractivity contribution in [2.75, 3.05) is 0 Å². The zero-order valence-corrected chi connectivity index (χ0v) is 10.5. The first-order valence-electron chi connectivity index (χ1n) is 5.71. The molecule has 2 heterocycles. The van der Waals surface area contributed by atoms with Gasteiger partial charge in [0.1, 0.15) is 5.78 Å². The van der Waals surface area contributed by atoms with Crippen LogP contribution in [0.1, 0.15) is 32.6 Å². The number of carbonyl (C=O) groups is 1. The van der Waals surface area contributed by atoms with Crippen LogP contribution in [-0.4, -0.2) is 25.9 Å². The van der Waals surface area contributed by atoms with Gasteiger partial charge in [0.2, 0.25) is 17.5 Å². The maximum absolute atomic E-state index is 11.6. The van der Waals surface area contributed by atoms with Crippen molar-refractivity contribution in [2.45, 2.75) is 26.7 Å². The Balaban J connectivity index is 2.33. The molecule has 0 amide bonds. The molecule has 2 aromatic heterocycles. The van der Waals surface area contributed by atoms with E-state index in [-0.39, 0.29) is 17.6 Å². The fourth-order valence-corrected chi connectivity index (χ4v) is 1.80. The van der Waals surface area contributed by atoms with Gasteiger partial charge >= 0.3 is 0 Å². The zero-order chi connectivity index (χ0) is 13.1. The van der Waals surface area contributed by atoms with Crippen molar-refractivity contribution >= 4 is 5.78 Å². The molecule has 0 bridgehead atoms. The van der Waals surface area contributed by atoms with E-state index in [2.05, 4.69) is 20.1 Å². The second-order valence-corrected chi connectivity index (χ2v) is 4.36. The molecular weight excluding hydrogens is 232 g/mol. The van der Waals surface area contributed by atoms with Gasteiger partial charge in [-0.2, -0.15) is 4.98 Å². The van der Waals surface area contributed by atoms with Gasteiger partial charge in [0.25, 0.3) is 0 Å². The highest BCUT2D eigenvalue weighted by molar-refractivity contribution is 5.82. The summed E-state index contributed by atoms with van der Waals surface area (Å²) < 4.78 is 5.14. The predicted molar refractivity (Wildman–Crippen MR) is 63.6 cm³/mol. The predicted octanol–water partition coefficient (Wildman–Crippen LogP) is 1.86. The largest absolute Gasteiger partial charge is 0.338 e. The van der Waals surface area contributed by atoms with Gasteiger partial charge in [-0.05, 0) is 18.9 Å². The molecule has 6 nitrogen and oxygen atoms in total. The Labute approximate surface area is 104 Å². The molecule has 2 aromatic rings. The number of carbonyl (C=O) groups excluding carboxylic acids is 1. The van der Waals surface area contributed by atoms with Gasteiger partial charge in [0, 0.05) is 12.4 Å². The van der Waals surface area contributed by atoms with Gasteiger partial charge in [0.15, 0.2) is 0 Å². The van der Waals surface area contributed by atoms with E-state index < -0.39 is 0 Å². The molecule has 0 saturated carbocycles. The smallest absolute Gasteiger partial charge is 0.240 e. The maximum Gasteiger partial charge on any atom is 0.240 e. The molecule has 18 heavy (non-hydrogen) atoms. The highest BCUT2D eigenvalue weighted by atomic mass is 16.5. The van der Waals surface area contributed by atoms with Crippen LogP contribution >= 0.6 is 0 Å². The third kappa shape index (κ3) is 2.42. The minimum atomic E-state index is -0.380. The van der Waals surface area contributed by atoms with Crippen LogP contribution in [0.5, 0.6) is 0 Å². The molecule has 2 rings (SSSR count). The topological polar surface area (TPSA) is 81.8 Å². The fourth-order valence-electron chi connectivity index (χ4n) is 1.80. The Bertz CT molecular complexity index is 536. The summed E-state index contributed by atoms with van der Waals surface area (Å²) >= 11 is 0. The van der Waals surface area contributed by atoms with Crippen molar-refractivity contribution in [1.29, 1.82) is 0 Å². The van der Waals surface area contributed by atoms with Crippen molar-refractivity contribution in [3.05, 3.63) is 24.4 Å². The Morgan fingerprint density at radius 3 is 2.44 bits per heavy atom. The lowest BCUT2D eigenvalue weighted by atomic mass is 9.92. The van der Waals surface area contributed by atoms with Gasteiger partial charge in [0.05, 0.1) is 5.92 Å². The number of nitrogens with zero attached hydrogens (tertiary/aromatic N) is 4. The van der Waals surface area contributed by atoms with E-state index in [4.69, 9.17) is 4.52 Å². The van der Waals surface area contributed by atoms with Gasteiger partial charge in [-0.15, -0.1) is 0 Å². The van der Waals surface area contributed by atoms with E-state index in [1.54, 1.807) is 18.5 Å². The average Bonchev–Trinajstić information content (AvgIpc) is 2.78. The van der Waals surface area contributed by atoms with Crippen LogP contribution in [0.2, 0.25) is 0 Å². The summed E-state index contributed by atoms with van der Waals surface area (Å²) in [5.41, 5.74) is 0. The van der Waals surface area contributed by atoms with Gasteiger partial charge < -0.3 is 4.52 Å². The van der Waals surface area contributed by atoms with Crippen LogP contribution < -0.4 is 0 Å². The van der Waals surface area contributed by atoms with Crippen molar-refractivity contribution in [2.24, 2.45) is 5.92 Å². The maximum atomic E-state index is 11.6. The van der Waals surface area contributed by atoms with Crippen LogP contribution in [-0.2, 0) is 4.79 Å². The first-order chi connectivity index (χ1) is 8.59. The summed E-state index contributed by atoms with van der Waals surface area (Å²) in [4.78, 5) is 23.8. The van der Waals surface area contributed by atoms with Crippen LogP contribution in [0.3, 0.4) is 0 Å². The first kappa shape index (κ1) is 12.3. The highest BCUT2D eigenvalue weighted by Crippen LogP contribution is 2.25. The molecule has 0 aromatic carbocycles. The van der Waals surface area contributed by atoms with E-state index in [9.17, 15) is 4.79 Å². The molecule has 6 heteroatoms. The molecule has 0 aliphatic heterocycles. The monoisotopic (exact) mass is 246 g/mol. The summed E-state index contributed by atoms with van der Waals surface area (Å²) in [6, 6.07) is 1.71. The summed E-state index contributed by atoms with van der Waals surface area (Å²) in [6.45, 7) is 5.40. The third-order valence-electron chi connectivity index (χ3n) is 2.58. The van der Waals surface area contributed by atoms with Crippen molar-refractivity contribution in [1.82, 2.24) is 20.1 Å². The standard InChI is InChI=1S/C12H14N4O2/c1-7(2)9(8(3)17)12-15-11(16-18-12)10-13-5-4-6-14-10/h4-7,9H,1-3H3. The minimum absolute atomic E-state index is 0.00850. The summed E-state index contributed by atoms with van der Waals surface area (Å²) in [5, 5.41) is 3.81. The summed E-state index contributed by atoms with van der Waals surface area (Å²) in [6.07, 6.45) is 3.20. The first-order valence-corrected chi connectivity index (χ1v) is 5.71. The molecule has 0 N–H and O–H groups in total. The molecular formula is C12H14N4O2. The summed E-state index contributed by atoms with van der Waals surface area (Å²) in [7, 11) is 0. The number of Topliss-reactive ketones (excluding diaryl/α,β-unsaturated/α-hetero) is 1. The normalized spacial score (nSPS) is 12.7. The third-order valence-corrected chi connectivity index (χ3v) is 2.58. The Morgan fingerprint density at radius 2 is 1.89 bits per heavy atom. The lowest BCUT2D eigenvalue weighted by molar-refractivity contribution is -0.119. The van der Waals surface area contributed by atoms with Crippen LogP contribution in [0, 0.1) is 5.92 Å². The number of aromatic nitrogens is 4. The van der Waals surface area contributed by atoms with Crippen LogP contribution in [0.25, 0.3) is 11.6 Å². The second-order valence-electron chi connectivity index (χ2n) is 4.36. The van der Waals surface area contributed by atoms with Crippen molar-refractivity contribution in [3.63, 3.8) is 0 Å². The lowest BCUT2D eigenvalue weighted by Crippen LogP contribution is -2.15. The summed E-state index contributed by atoms with van der Waals surface area (Å²) in [5.74, 6) is 0.743. The SMILES string of the molecule is CC(=O)C(c1nc(-c2ncccn2)no1)C(C)C. The molecule has 0 fully saturated rings. The Hall–Kier alpha value is -2.11. The lowest BCUT2D eigenvalue weighted by Gasteiger charge is -2.12. The number of hydrogen-bond acceptors (Lipinski definition) is 6. The number of ketones is 1. The Morgan fingerprint density at radius 1 is 1.22 bits per heavy atom. The number of hydrogen-bond donors (Lipinski definition) is 0. The molecule has 0 radical (unpaired) electrons. The van der Waals surface area contributed by atoms with Gasteiger partial charge in [-0.1, -0.05) is 19.0 Å². The fraction of sp³-hybridized carbons (Fsp3) is 0.417. The minimum Gasteiger partial charge on any atom is -0.338 e. The van der Waals surface area contributed by atoms with Crippen LogP contribution in [0.15, 0.2) is 23.0 Å². The molecule has 1 unspecified atom stereocenters. The van der Waals surface area contributed by atoms with Crippen LogP contribution in [0.4, 0.5) is 0 Å². The second kappa shape index (κ2) is 5.03. The van der Waals surface area contributed by atoms with E-state index in [1.165, 1.54) is 6.92 Å². The molecule has 1 atom stereocenters. The van der Waals surface area contributed by atoms with E-state index in [1.807, 2.05) is 13.8 Å². The van der Waals surface area contributed by atoms with Crippen molar-refractivity contribution in [3.8, 4) is 11.6 Å². The van der Waals surface area contributed by atoms with Gasteiger partial charge in [-0.3, -0.25) is 4.79 Å². The van der Waals surface area contributed by atoms with Gasteiger partial charge in [-0.25, -0.2) is 9.97 Å². The molecule has 0 aliphatic carbocycles. The molecule has 94 valence electrons. The average molecular weight is 246 g/mol. The number of rotatable bonds is 4. The molecule has 0 spiro atoms. The van der Waals surface area contributed by atoms with E-state index in [0.717, 1.165) is 0 Å².